The van der Waals surface area contributed by atoms with Crippen LogP contribution in [-0.2, 0) is 9.59 Å². The van der Waals surface area contributed by atoms with Crippen LogP contribution in [0.3, 0.4) is 0 Å². The number of carbonyl (C=O) groups is 2. The first-order valence-electron chi connectivity index (χ1n) is 9.90. The fourth-order valence-electron chi connectivity index (χ4n) is 3.84. The predicted molar refractivity (Wildman–Crippen MR) is 112 cm³/mol. The van der Waals surface area contributed by atoms with Crippen LogP contribution in [-0.4, -0.2) is 56.5 Å². The van der Waals surface area contributed by atoms with Crippen molar-refractivity contribution in [3.63, 3.8) is 0 Å². The van der Waals surface area contributed by atoms with Crippen LogP contribution in [0.4, 0.5) is 21.5 Å². The molecule has 2 aromatic carbocycles. The van der Waals surface area contributed by atoms with Gasteiger partial charge in [0.2, 0.25) is 11.8 Å². The zero-order valence-corrected chi connectivity index (χ0v) is 16.5. The van der Waals surface area contributed by atoms with Gasteiger partial charge in [-0.1, -0.05) is 12.1 Å². The van der Waals surface area contributed by atoms with Crippen LogP contribution in [0.15, 0.2) is 48.5 Å². The summed E-state index contributed by atoms with van der Waals surface area (Å²) in [7, 11) is 2.12. The Labute approximate surface area is 169 Å². The van der Waals surface area contributed by atoms with Gasteiger partial charge in [-0.2, -0.15) is 0 Å². The molecule has 0 spiro atoms. The summed E-state index contributed by atoms with van der Waals surface area (Å²) in [5.74, 6) is -1.41. The molecule has 0 aliphatic carbocycles. The van der Waals surface area contributed by atoms with Crippen molar-refractivity contribution in [2.75, 3.05) is 54.9 Å². The summed E-state index contributed by atoms with van der Waals surface area (Å²) >= 11 is 0. The van der Waals surface area contributed by atoms with E-state index in [2.05, 4.69) is 22.2 Å². The molecule has 0 aromatic heterocycles. The first kappa shape index (κ1) is 19.4. The fourth-order valence-corrected chi connectivity index (χ4v) is 3.84. The number of para-hydroxylation sites is 1. The van der Waals surface area contributed by atoms with E-state index in [0.29, 0.717) is 6.54 Å². The topological polar surface area (TPSA) is 55.9 Å². The van der Waals surface area contributed by atoms with Gasteiger partial charge in [-0.05, 0) is 43.4 Å². The maximum Gasteiger partial charge on any atom is 0.229 e. The Morgan fingerprint density at radius 2 is 1.66 bits per heavy atom. The van der Waals surface area contributed by atoms with Crippen molar-refractivity contribution in [2.24, 2.45) is 5.92 Å². The molecule has 1 atom stereocenters. The summed E-state index contributed by atoms with van der Waals surface area (Å²) in [5.41, 5.74) is 2.07. The average Bonchev–Trinajstić information content (AvgIpc) is 3.12. The maximum absolute atomic E-state index is 13.8. The third-order valence-electron chi connectivity index (χ3n) is 5.66. The van der Waals surface area contributed by atoms with Crippen molar-refractivity contribution in [1.29, 1.82) is 0 Å². The van der Waals surface area contributed by atoms with Gasteiger partial charge in [0.1, 0.15) is 5.82 Å². The Morgan fingerprint density at radius 1 is 1.00 bits per heavy atom. The number of piperazine rings is 1. The van der Waals surface area contributed by atoms with Gasteiger partial charge >= 0.3 is 0 Å². The Bertz CT molecular complexity index is 894. The zero-order chi connectivity index (χ0) is 20.4. The Hall–Kier alpha value is -2.93. The molecule has 0 bridgehead atoms. The second kappa shape index (κ2) is 8.21. The quantitative estimate of drug-likeness (QED) is 0.863. The number of amides is 2. The summed E-state index contributed by atoms with van der Waals surface area (Å²) in [6, 6.07) is 14.0. The molecular formula is C22H25FN4O2. The van der Waals surface area contributed by atoms with Gasteiger partial charge in [-0.3, -0.25) is 9.59 Å². The molecule has 2 aliphatic rings. The SMILES string of the molecule is CN1CCN(c2ccc(N3CC(C(=O)Nc4ccccc4F)CC3=O)cc2)CC1. The Kier molecular flexibility index (Phi) is 5.49. The van der Waals surface area contributed by atoms with Crippen molar-refractivity contribution in [3.05, 3.63) is 54.3 Å². The molecule has 152 valence electrons. The molecule has 2 heterocycles. The van der Waals surface area contributed by atoms with Crippen LogP contribution < -0.4 is 15.1 Å². The summed E-state index contributed by atoms with van der Waals surface area (Å²) in [5, 5.41) is 2.60. The number of carbonyl (C=O) groups excluding carboxylic acids is 2. The largest absolute Gasteiger partial charge is 0.369 e. The smallest absolute Gasteiger partial charge is 0.229 e. The molecule has 0 radical (unpaired) electrons. The van der Waals surface area contributed by atoms with Crippen molar-refractivity contribution in [3.8, 4) is 0 Å². The Balaban J connectivity index is 1.40. The van der Waals surface area contributed by atoms with Gasteiger partial charge in [0.15, 0.2) is 0 Å². The number of rotatable bonds is 4. The standard InChI is InChI=1S/C22H25FN4O2/c1-25-10-12-26(13-11-25)17-6-8-18(9-7-17)27-15-16(14-21(27)28)22(29)24-20-5-3-2-4-19(20)23/h2-9,16H,10-15H2,1H3,(H,24,29). The molecule has 2 aromatic rings. The Morgan fingerprint density at radius 3 is 2.34 bits per heavy atom. The van der Waals surface area contributed by atoms with Crippen molar-refractivity contribution >= 4 is 28.9 Å². The summed E-state index contributed by atoms with van der Waals surface area (Å²) in [6.07, 6.45) is 0.125. The molecular weight excluding hydrogens is 371 g/mol. The molecule has 2 aliphatic heterocycles. The van der Waals surface area contributed by atoms with Crippen LogP contribution in [0, 0.1) is 11.7 Å². The number of nitrogens with one attached hydrogen (secondary N) is 1. The lowest BCUT2D eigenvalue weighted by Crippen LogP contribution is -2.44. The van der Waals surface area contributed by atoms with Crippen molar-refractivity contribution < 1.29 is 14.0 Å². The normalized spacial score (nSPS) is 20.2. The minimum Gasteiger partial charge on any atom is -0.369 e. The van der Waals surface area contributed by atoms with E-state index in [4.69, 9.17) is 0 Å². The molecule has 1 N–H and O–H groups in total. The lowest BCUT2D eigenvalue weighted by atomic mass is 10.1. The molecule has 2 fully saturated rings. The second-order valence-electron chi connectivity index (χ2n) is 7.68. The van der Waals surface area contributed by atoms with Crippen molar-refractivity contribution in [1.82, 2.24) is 4.90 Å². The summed E-state index contributed by atoms with van der Waals surface area (Å²) in [6.45, 7) is 4.33. The molecule has 1 unspecified atom stereocenters. The number of likely N-dealkylation sites (N-methyl/N-ethyl adjacent to an activating group) is 1. The molecule has 2 amide bonds. The van der Waals surface area contributed by atoms with Crippen LogP contribution in [0.25, 0.3) is 0 Å². The molecule has 2 saturated heterocycles. The van der Waals surface area contributed by atoms with E-state index in [-0.39, 0.29) is 23.9 Å². The highest BCUT2D eigenvalue weighted by molar-refractivity contribution is 6.03. The van der Waals surface area contributed by atoms with Gasteiger partial charge in [-0.25, -0.2) is 4.39 Å². The van der Waals surface area contributed by atoms with E-state index in [1.54, 1.807) is 17.0 Å². The lowest BCUT2D eigenvalue weighted by Gasteiger charge is -2.34. The third-order valence-corrected chi connectivity index (χ3v) is 5.66. The molecule has 6 nitrogen and oxygen atoms in total. The highest BCUT2D eigenvalue weighted by Gasteiger charge is 2.35. The molecule has 4 rings (SSSR count). The van der Waals surface area contributed by atoms with Crippen LogP contribution in [0.5, 0.6) is 0 Å². The second-order valence-corrected chi connectivity index (χ2v) is 7.68. The predicted octanol–water partition coefficient (Wildman–Crippen LogP) is 2.57. The molecule has 0 saturated carbocycles. The van der Waals surface area contributed by atoms with E-state index < -0.39 is 11.7 Å². The minimum atomic E-state index is -0.501. The highest BCUT2D eigenvalue weighted by atomic mass is 19.1. The lowest BCUT2D eigenvalue weighted by molar-refractivity contribution is -0.122. The van der Waals surface area contributed by atoms with E-state index in [9.17, 15) is 14.0 Å². The highest BCUT2D eigenvalue weighted by Crippen LogP contribution is 2.28. The average molecular weight is 396 g/mol. The van der Waals surface area contributed by atoms with E-state index >= 15 is 0 Å². The maximum atomic E-state index is 13.8. The van der Waals surface area contributed by atoms with Crippen molar-refractivity contribution in [2.45, 2.75) is 6.42 Å². The van der Waals surface area contributed by atoms with Crippen LogP contribution in [0.1, 0.15) is 6.42 Å². The van der Waals surface area contributed by atoms with E-state index in [0.717, 1.165) is 37.6 Å². The fraction of sp³-hybridized carbons (Fsp3) is 0.364. The molecule has 29 heavy (non-hydrogen) atoms. The van der Waals surface area contributed by atoms with Gasteiger partial charge in [-0.15, -0.1) is 0 Å². The van der Waals surface area contributed by atoms with Gasteiger partial charge < -0.3 is 20.0 Å². The van der Waals surface area contributed by atoms with Crippen LogP contribution >= 0.6 is 0 Å². The van der Waals surface area contributed by atoms with Gasteiger partial charge in [0, 0.05) is 50.5 Å². The number of anilines is 3. The first-order valence-corrected chi connectivity index (χ1v) is 9.90. The van der Waals surface area contributed by atoms with Gasteiger partial charge in [0.05, 0.1) is 11.6 Å². The summed E-state index contributed by atoms with van der Waals surface area (Å²) < 4.78 is 13.8. The minimum absolute atomic E-state index is 0.0916. The molecule has 7 heteroatoms. The van der Waals surface area contributed by atoms with Crippen LogP contribution in [0.2, 0.25) is 0 Å². The first-order chi connectivity index (χ1) is 14.0. The third kappa shape index (κ3) is 4.24. The summed E-state index contributed by atoms with van der Waals surface area (Å²) in [4.78, 5) is 31.3. The number of hydrogen-bond donors (Lipinski definition) is 1. The van der Waals surface area contributed by atoms with E-state index in [1.165, 1.54) is 12.1 Å². The van der Waals surface area contributed by atoms with E-state index in [1.807, 2.05) is 24.3 Å². The zero-order valence-electron chi connectivity index (χ0n) is 16.5. The number of hydrogen-bond acceptors (Lipinski definition) is 4. The number of benzene rings is 2. The number of halogens is 1. The number of nitrogens with zero attached hydrogens (tertiary/aromatic N) is 3. The monoisotopic (exact) mass is 396 g/mol. The van der Waals surface area contributed by atoms with Gasteiger partial charge in [0.25, 0.3) is 0 Å².